The van der Waals surface area contributed by atoms with Crippen LogP contribution >= 0.6 is 0 Å². The fourth-order valence-corrected chi connectivity index (χ4v) is 3.58. The topological polar surface area (TPSA) is 86.8 Å². The molecule has 1 saturated heterocycles. The van der Waals surface area contributed by atoms with Crippen LogP contribution in [0.1, 0.15) is 33.6 Å². The maximum absolute atomic E-state index is 15.6. The van der Waals surface area contributed by atoms with Crippen molar-refractivity contribution in [2.24, 2.45) is 7.05 Å². The molecule has 0 aliphatic carbocycles. The highest BCUT2D eigenvalue weighted by molar-refractivity contribution is 5.68. The number of carbonyl (C=O) groups is 1. The number of nitrogens with zero attached hydrogens (tertiary/aromatic N) is 6. The minimum Gasteiger partial charge on any atom is -0.473 e. The number of ether oxygens (including phenoxy) is 2. The lowest BCUT2D eigenvalue weighted by atomic mass is 9.96. The summed E-state index contributed by atoms with van der Waals surface area (Å²) in [7, 11) is 1.82. The van der Waals surface area contributed by atoms with Crippen molar-refractivity contribution in [3.63, 3.8) is 0 Å². The maximum atomic E-state index is 15.6. The van der Waals surface area contributed by atoms with E-state index in [2.05, 4.69) is 15.2 Å². The molecule has 3 aromatic heterocycles. The first-order valence-corrected chi connectivity index (χ1v) is 10.2. The number of alkyl halides is 1. The molecule has 4 rings (SSSR count). The monoisotopic (exact) mass is 430 g/mol. The number of hydrogen-bond acceptors (Lipinski definition) is 6. The Morgan fingerprint density at radius 1 is 1.29 bits per heavy atom. The van der Waals surface area contributed by atoms with Crippen molar-refractivity contribution < 1.29 is 18.7 Å². The molecule has 1 fully saturated rings. The van der Waals surface area contributed by atoms with Crippen LogP contribution in [0.3, 0.4) is 0 Å². The van der Waals surface area contributed by atoms with Gasteiger partial charge in [-0.2, -0.15) is 10.2 Å². The number of amides is 1. The van der Waals surface area contributed by atoms with Gasteiger partial charge in [-0.15, -0.1) is 0 Å². The molecule has 3 aromatic rings. The normalized spacial score (nSPS) is 19.6. The molecule has 0 saturated carbocycles. The molecule has 0 radical (unpaired) electrons. The van der Waals surface area contributed by atoms with E-state index < -0.39 is 17.4 Å². The third-order valence-corrected chi connectivity index (χ3v) is 5.00. The van der Waals surface area contributed by atoms with Gasteiger partial charge in [0.25, 0.3) is 0 Å². The summed E-state index contributed by atoms with van der Waals surface area (Å²) in [6.07, 6.45) is 7.25. The molecule has 9 nitrogen and oxygen atoms in total. The zero-order valence-electron chi connectivity index (χ0n) is 18.2. The molecule has 31 heavy (non-hydrogen) atoms. The van der Waals surface area contributed by atoms with Gasteiger partial charge in [-0.05, 0) is 39.7 Å². The highest BCUT2D eigenvalue weighted by atomic mass is 19.1. The van der Waals surface area contributed by atoms with Gasteiger partial charge in [0.05, 0.1) is 30.8 Å². The van der Waals surface area contributed by atoms with Crippen LogP contribution < -0.4 is 4.74 Å². The molecule has 166 valence electrons. The van der Waals surface area contributed by atoms with E-state index >= 15 is 4.39 Å². The fraction of sp³-hybridized carbons (Fsp3) is 0.524. The first-order valence-electron chi connectivity index (χ1n) is 10.2. The predicted molar refractivity (Wildman–Crippen MR) is 112 cm³/mol. The summed E-state index contributed by atoms with van der Waals surface area (Å²) in [4.78, 5) is 18.4. The van der Waals surface area contributed by atoms with Gasteiger partial charge in [0.2, 0.25) is 5.88 Å². The van der Waals surface area contributed by atoms with E-state index in [0.717, 1.165) is 5.56 Å². The molecule has 10 heteroatoms. The number of halogens is 1. The number of fused-ring (bicyclic) bond motifs is 1. The number of rotatable bonds is 4. The summed E-state index contributed by atoms with van der Waals surface area (Å²) >= 11 is 0. The Hall–Kier alpha value is -3.17. The quantitative estimate of drug-likeness (QED) is 0.632. The van der Waals surface area contributed by atoms with Crippen LogP contribution in [0, 0.1) is 0 Å². The number of aryl methyl sites for hydroxylation is 1. The van der Waals surface area contributed by atoms with Gasteiger partial charge in [0, 0.05) is 25.4 Å². The lowest BCUT2D eigenvalue weighted by molar-refractivity contribution is -0.0194. The van der Waals surface area contributed by atoms with Crippen LogP contribution in [-0.4, -0.2) is 66.3 Å². The Bertz CT molecular complexity index is 1090. The molecule has 1 unspecified atom stereocenters. The summed E-state index contributed by atoms with van der Waals surface area (Å²) in [5.41, 5.74) is -0.275. The molecule has 1 aliphatic heterocycles. The first-order chi connectivity index (χ1) is 14.6. The molecule has 1 atom stereocenters. The molecule has 1 aliphatic rings. The Kier molecular flexibility index (Phi) is 5.32. The molecule has 0 bridgehead atoms. The van der Waals surface area contributed by atoms with Gasteiger partial charge in [-0.1, -0.05) is 0 Å². The summed E-state index contributed by atoms with van der Waals surface area (Å²) in [6.45, 7) is 5.52. The van der Waals surface area contributed by atoms with Crippen LogP contribution in [0.25, 0.3) is 16.8 Å². The summed E-state index contributed by atoms with van der Waals surface area (Å²) < 4.78 is 30.2. The maximum Gasteiger partial charge on any atom is 0.410 e. The first kappa shape index (κ1) is 21.1. The number of aromatic nitrogens is 5. The van der Waals surface area contributed by atoms with Crippen molar-refractivity contribution in [1.29, 1.82) is 0 Å². The second-order valence-electron chi connectivity index (χ2n) is 8.94. The standard InChI is InChI=1S/C21H27FN6O3/c1-20(2,3)31-19(29)27-9-5-7-21(22,13-27)14-30-18-17-6-8-23-28(17)12-16(25-18)15-10-24-26(4)11-15/h6,8,10-12H,5,7,9,13-14H2,1-4H3. The van der Waals surface area contributed by atoms with Gasteiger partial charge >= 0.3 is 6.09 Å². The third kappa shape index (κ3) is 4.78. The fourth-order valence-electron chi connectivity index (χ4n) is 3.58. The molecular weight excluding hydrogens is 403 g/mol. The summed E-state index contributed by atoms with van der Waals surface area (Å²) in [5, 5.41) is 8.43. The van der Waals surface area contributed by atoms with E-state index in [-0.39, 0.29) is 19.0 Å². The summed E-state index contributed by atoms with van der Waals surface area (Å²) in [5.74, 6) is 0.283. The highest BCUT2D eigenvalue weighted by Crippen LogP contribution is 2.29. The lowest BCUT2D eigenvalue weighted by Gasteiger charge is -2.37. The molecule has 0 aromatic carbocycles. The van der Waals surface area contributed by atoms with Crippen LogP contribution in [0.5, 0.6) is 5.88 Å². The van der Waals surface area contributed by atoms with E-state index in [1.54, 1.807) is 54.6 Å². The zero-order valence-corrected chi connectivity index (χ0v) is 18.2. The van der Waals surface area contributed by atoms with Crippen molar-refractivity contribution in [2.45, 2.75) is 44.9 Å². The average molecular weight is 430 g/mol. The van der Waals surface area contributed by atoms with Crippen LogP contribution in [0.2, 0.25) is 0 Å². The number of hydrogen-bond donors (Lipinski definition) is 0. The van der Waals surface area contributed by atoms with E-state index in [0.29, 0.717) is 30.6 Å². The minimum absolute atomic E-state index is 0.0836. The third-order valence-electron chi connectivity index (χ3n) is 5.00. The SMILES string of the molecule is Cn1cc(-c2cn3nccc3c(OCC3(F)CCCN(C(=O)OC(C)(C)C)C3)n2)cn1. The molecule has 1 amide bonds. The van der Waals surface area contributed by atoms with Gasteiger partial charge < -0.3 is 14.4 Å². The van der Waals surface area contributed by atoms with Gasteiger partial charge in [0.15, 0.2) is 5.67 Å². The second-order valence-corrected chi connectivity index (χ2v) is 8.94. The Morgan fingerprint density at radius 2 is 2.10 bits per heavy atom. The predicted octanol–water partition coefficient (Wildman–Crippen LogP) is 3.25. The lowest BCUT2D eigenvalue weighted by Crippen LogP contribution is -2.51. The van der Waals surface area contributed by atoms with Crippen molar-refractivity contribution in [3.8, 4) is 17.1 Å². The molecule has 4 heterocycles. The Balaban J connectivity index is 1.51. The van der Waals surface area contributed by atoms with Crippen LogP contribution in [-0.2, 0) is 11.8 Å². The van der Waals surface area contributed by atoms with Crippen LogP contribution in [0.4, 0.5) is 9.18 Å². The van der Waals surface area contributed by atoms with E-state index in [1.165, 1.54) is 4.90 Å². The van der Waals surface area contributed by atoms with E-state index in [1.807, 2.05) is 13.2 Å². The van der Waals surface area contributed by atoms with Gasteiger partial charge in [-0.3, -0.25) is 4.68 Å². The van der Waals surface area contributed by atoms with Crippen LogP contribution in [0.15, 0.2) is 30.9 Å². The number of carbonyl (C=O) groups excluding carboxylic acids is 1. The smallest absolute Gasteiger partial charge is 0.410 e. The Morgan fingerprint density at radius 3 is 2.81 bits per heavy atom. The van der Waals surface area contributed by atoms with E-state index in [4.69, 9.17) is 9.47 Å². The number of likely N-dealkylation sites (tertiary alicyclic amines) is 1. The molecule has 0 spiro atoms. The minimum atomic E-state index is -1.70. The van der Waals surface area contributed by atoms with Gasteiger partial charge in [0.1, 0.15) is 17.7 Å². The molecular formula is C21H27FN6O3. The zero-order chi connectivity index (χ0) is 22.2. The highest BCUT2D eigenvalue weighted by Gasteiger charge is 2.39. The summed E-state index contributed by atoms with van der Waals surface area (Å²) in [6, 6.07) is 1.76. The van der Waals surface area contributed by atoms with E-state index in [9.17, 15) is 4.79 Å². The second kappa shape index (κ2) is 7.82. The van der Waals surface area contributed by atoms with Crippen molar-refractivity contribution in [3.05, 3.63) is 30.9 Å². The van der Waals surface area contributed by atoms with Crippen molar-refractivity contribution in [2.75, 3.05) is 19.7 Å². The van der Waals surface area contributed by atoms with Crippen molar-refractivity contribution in [1.82, 2.24) is 29.3 Å². The van der Waals surface area contributed by atoms with Gasteiger partial charge in [-0.25, -0.2) is 18.7 Å². The molecule has 0 N–H and O–H groups in total. The Labute approximate surface area is 179 Å². The average Bonchev–Trinajstić information content (AvgIpc) is 3.33. The number of piperidine rings is 1. The van der Waals surface area contributed by atoms with Crippen molar-refractivity contribution >= 4 is 11.6 Å². The largest absolute Gasteiger partial charge is 0.473 e.